The summed E-state index contributed by atoms with van der Waals surface area (Å²) in [6.07, 6.45) is 16.4. The number of ether oxygens (including phenoxy) is 1. The minimum Gasteiger partial charge on any atom is -0.460 e. The molecule has 0 saturated heterocycles. The van der Waals surface area contributed by atoms with Crippen molar-refractivity contribution in [3.63, 3.8) is 0 Å². The maximum Gasteiger partial charge on any atom is 0.314 e. The average molecular weight is 544 g/mol. The Kier molecular flexibility index (Phi) is 8.92. The van der Waals surface area contributed by atoms with Gasteiger partial charge in [-0.25, -0.2) is 0 Å². The van der Waals surface area contributed by atoms with Crippen LogP contribution in [-0.2, 0) is 25.5 Å². The van der Waals surface area contributed by atoms with Crippen LogP contribution in [0.15, 0.2) is 77.9 Å². The second-order valence-corrected chi connectivity index (χ2v) is 12.3. The maximum absolute atomic E-state index is 14.1. The van der Waals surface area contributed by atoms with Crippen molar-refractivity contribution >= 4 is 29.2 Å². The van der Waals surface area contributed by atoms with E-state index in [4.69, 9.17) is 9.73 Å². The molecular weight excluding hydrogens is 502 g/mol. The van der Waals surface area contributed by atoms with Crippen molar-refractivity contribution in [3.05, 3.63) is 78.4 Å². The quantitative estimate of drug-likeness (QED) is 0.340. The number of carbonyl (C=O) groups is 3. The Morgan fingerprint density at radius 1 is 1.07 bits per heavy atom. The largest absolute Gasteiger partial charge is 0.460 e. The minimum absolute atomic E-state index is 0.132. The summed E-state index contributed by atoms with van der Waals surface area (Å²) < 4.78 is 5.85. The molecule has 2 atom stereocenters. The number of hydrogen-bond acceptors (Lipinski definition) is 5. The molecule has 0 radical (unpaired) electrons. The van der Waals surface area contributed by atoms with Gasteiger partial charge in [0.15, 0.2) is 0 Å². The zero-order chi connectivity index (χ0) is 28.9. The van der Waals surface area contributed by atoms with Crippen molar-refractivity contribution < 1.29 is 19.1 Å². The van der Waals surface area contributed by atoms with Gasteiger partial charge in [0.25, 0.3) is 5.91 Å². The van der Waals surface area contributed by atoms with E-state index in [0.29, 0.717) is 31.4 Å². The van der Waals surface area contributed by atoms with Crippen LogP contribution in [0.3, 0.4) is 0 Å². The first-order valence-electron chi connectivity index (χ1n) is 14.1. The lowest BCUT2D eigenvalue weighted by Crippen LogP contribution is -2.52. The Balaban J connectivity index is 1.69. The summed E-state index contributed by atoms with van der Waals surface area (Å²) in [6, 6.07) is 7.64. The lowest BCUT2D eigenvalue weighted by Gasteiger charge is -2.38. The molecule has 1 aliphatic heterocycles. The van der Waals surface area contributed by atoms with Crippen molar-refractivity contribution in [1.29, 1.82) is 0 Å². The van der Waals surface area contributed by atoms with E-state index in [1.807, 2.05) is 107 Å². The number of benzene rings is 1. The lowest BCUT2D eigenvalue weighted by atomic mass is 9.69. The van der Waals surface area contributed by atoms with Gasteiger partial charge in [-0.15, -0.1) is 0 Å². The first kappa shape index (κ1) is 29.2. The fourth-order valence-electron chi connectivity index (χ4n) is 5.48. The SMILES string of the molecule is CC(C)C[C@@H](C(=O)NC1/N=C(/C2C=CC=CC=C2)Cc2ccccc2NC1=O)C1(C(=O)OC(C)(C)C)CC=CC1. The summed E-state index contributed by atoms with van der Waals surface area (Å²) in [6.45, 7) is 9.55. The van der Waals surface area contributed by atoms with E-state index in [2.05, 4.69) is 10.6 Å². The van der Waals surface area contributed by atoms with Gasteiger partial charge in [-0.2, -0.15) is 0 Å². The van der Waals surface area contributed by atoms with Crippen LogP contribution in [-0.4, -0.2) is 35.3 Å². The van der Waals surface area contributed by atoms with Crippen LogP contribution in [0.5, 0.6) is 0 Å². The number of allylic oxidation sites excluding steroid dienone is 8. The summed E-state index contributed by atoms with van der Waals surface area (Å²) in [4.78, 5) is 46.1. The molecule has 2 aliphatic carbocycles. The number of aliphatic imine (C=N–C) groups is 1. The molecule has 3 aliphatic rings. The van der Waals surface area contributed by atoms with Crippen molar-refractivity contribution in [3.8, 4) is 0 Å². The number of rotatable bonds is 7. The summed E-state index contributed by atoms with van der Waals surface area (Å²) in [7, 11) is 0. The van der Waals surface area contributed by atoms with Crippen LogP contribution in [0.4, 0.5) is 5.69 Å². The van der Waals surface area contributed by atoms with Gasteiger partial charge in [-0.1, -0.05) is 80.7 Å². The molecule has 0 saturated carbocycles. The van der Waals surface area contributed by atoms with Crippen LogP contribution >= 0.6 is 0 Å². The van der Waals surface area contributed by atoms with Crippen molar-refractivity contribution in [2.24, 2.45) is 28.2 Å². The monoisotopic (exact) mass is 543 g/mol. The van der Waals surface area contributed by atoms with Crippen LogP contribution in [0, 0.1) is 23.2 Å². The van der Waals surface area contributed by atoms with Crippen molar-refractivity contribution in [1.82, 2.24) is 5.32 Å². The predicted molar refractivity (Wildman–Crippen MR) is 159 cm³/mol. The van der Waals surface area contributed by atoms with E-state index in [-0.39, 0.29) is 23.7 Å². The number of hydrogen-bond donors (Lipinski definition) is 2. The summed E-state index contributed by atoms with van der Waals surface area (Å²) >= 11 is 0. The topological polar surface area (TPSA) is 96.9 Å². The predicted octanol–water partition coefficient (Wildman–Crippen LogP) is 5.70. The normalized spacial score (nSPS) is 22.4. The first-order valence-corrected chi connectivity index (χ1v) is 14.1. The standard InChI is InChI=1S/C33H41N3O4/c1-22(2)20-25(33(18-12-13-19-33)31(39)40-32(3,4)5)29(37)36-28-30(38)35-26-17-11-10-16-24(26)21-27(34-28)23-14-8-6-7-9-15-23/h6-17,22-23,25,28H,18-21H2,1-5H3,(H,35,38)(H,36,37)/b34-27+/t25-,28?/m0/s1. The van der Waals surface area contributed by atoms with E-state index in [1.165, 1.54) is 0 Å². The summed E-state index contributed by atoms with van der Waals surface area (Å²) in [5.74, 6) is -1.85. The molecular formula is C33H41N3O4. The van der Waals surface area contributed by atoms with Gasteiger partial charge in [-0.05, 0) is 57.6 Å². The molecule has 4 rings (SSSR count). The number of fused-ring (bicyclic) bond motifs is 1. The molecule has 7 nitrogen and oxygen atoms in total. The molecule has 2 N–H and O–H groups in total. The lowest BCUT2D eigenvalue weighted by molar-refractivity contribution is -0.173. The average Bonchev–Trinajstić information content (AvgIpc) is 3.22. The minimum atomic E-state index is -1.14. The van der Waals surface area contributed by atoms with Gasteiger partial charge in [0.1, 0.15) is 5.60 Å². The Bertz CT molecular complexity index is 1250. The molecule has 1 heterocycles. The summed E-state index contributed by atoms with van der Waals surface area (Å²) in [5.41, 5.74) is 0.706. The van der Waals surface area contributed by atoms with Gasteiger partial charge in [-0.3, -0.25) is 19.4 Å². The molecule has 40 heavy (non-hydrogen) atoms. The highest BCUT2D eigenvalue weighted by molar-refractivity contribution is 6.03. The molecule has 1 unspecified atom stereocenters. The van der Waals surface area contributed by atoms with E-state index < -0.39 is 29.0 Å². The molecule has 1 aromatic carbocycles. The number of amides is 2. The molecule has 0 spiro atoms. The molecule has 1 aromatic rings. The van der Waals surface area contributed by atoms with Gasteiger partial charge in [0.2, 0.25) is 12.1 Å². The summed E-state index contributed by atoms with van der Waals surface area (Å²) in [5, 5.41) is 5.89. The maximum atomic E-state index is 14.1. The number of esters is 1. The zero-order valence-corrected chi connectivity index (χ0v) is 24.1. The van der Waals surface area contributed by atoms with Gasteiger partial charge in [0.05, 0.1) is 11.3 Å². The third-order valence-electron chi connectivity index (χ3n) is 7.45. The third kappa shape index (κ3) is 6.87. The molecule has 212 valence electrons. The van der Waals surface area contributed by atoms with E-state index in [1.54, 1.807) is 0 Å². The highest BCUT2D eigenvalue weighted by Crippen LogP contribution is 2.45. The molecule has 2 amide bonds. The highest BCUT2D eigenvalue weighted by atomic mass is 16.6. The number of anilines is 1. The first-order chi connectivity index (χ1) is 19.0. The highest BCUT2D eigenvalue weighted by Gasteiger charge is 2.51. The van der Waals surface area contributed by atoms with Crippen molar-refractivity contribution in [2.75, 3.05) is 5.32 Å². The fourth-order valence-corrected chi connectivity index (χ4v) is 5.48. The number of para-hydroxylation sites is 1. The molecule has 0 aromatic heterocycles. The molecule has 7 heteroatoms. The van der Waals surface area contributed by atoms with Gasteiger partial charge >= 0.3 is 5.97 Å². The van der Waals surface area contributed by atoms with Gasteiger partial charge in [0, 0.05) is 23.7 Å². The third-order valence-corrected chi connectivity index (χ3v) is 7.45. The van der Waals surface area contributed by atoms with Crippen LogP contribution in [0.2, 0.25) is 0 Å². The smallest absolute Gasteiger partial charge is 0.314 e. The Hall–Kier alpha value is -3.74. The Morgan fingerprint density at radius 2 is 1.73 bits per heavy atom. The second kappa shape index (κ2) is 12.2. The van der Waals surface area contributed by atoms with Crippen molar-refractivity contribution in [2.45, 2.75) is 72.1 Å². The molecule has 0 bridgehead atoms. The van der Waals surface area contributed by atoms with E-state index >= 15 is 0 Å². The van der Waals surface area contributed by atoms with Crippen LogP contribution in [0.1, 0.15) is 59.4 Å². The number of nitrogens with one attached hydrogen (secondary N) is 2. The number of nitrogens with zero attached hydrogens (tertiary/aromatic N) is 1. The second-order valence-electron chi connectivity index (χ2n) is 12.3. The molecule has 0 fully saturated rings. The Labute approximate surface area is 237 Å². The van der Waals surface area contributed by atoms with E-state index in [0.717, 1.165) is 11.3 Å². The fraction of sp³-hybridized carbons (Fsp3) is 0.455. The van der Waals surface area contributed by atoms with E-state index in [9.17, 15) is 14.4 Å². The number of carbonyl (C=O) groups excluding carboxylic acids is 3. The van der Waals surface area contributed by atoms with Gasteiger partial charge < -0.3 is 15.4 Å². The van der Waals surface area contributed by atoms with Crippen LogP contribution in [0.25, 0.3) is 0 Å². The Morgan fingerprint density at radius 3 is 2.35 bits per heavy atom. The van der Waals surface area contributed by atoms with Crippen LogP contribution < -0.4 is 10.6 Å². The zero-order valence-electron chi connectivity index (χ0n) is 24.1.